The molecule has 0 saturated heterocycles. The van der Waals surface area contributed by atoms with Crippen LogP contribution in [0.3, 0.4) is 0 Å². The van der Waals surface area contributed by atoms with Crippen molar-refractivity contribution in [2.75, 3.05) is 0 Å². The summed E-state index contributed by atoms with van der Waals surface area (Å²) < 4.78 is 37.7. The minimum absolute atomic E-state index is 0.0787. The zero-order chi connectivity index (χ0) is 13.1. The highest BCUT2D eigenvalue weighted by molar-refractivity contribution is 5.95. The van der Waals surface area contributed by atoms with E-state index in [9.17, 15) is 18.0 Å². The number of rotatable bonds is 3. The lowest BCUT2D eigenvalue weighted by atomic mass is 10.1. The largest absolute Gasteiger partial charge is 0.417 e. The monoisotopic (exact) mass is 247 g/mol. The molecule has 0 spiro atoms. The van der Waals surface area contributed by atoms with Crippen LogP contribution in [0.1, 0.15) is 29.8 Å². The van der Waals surface area contributed by atoms with Gasteiger partial charge >= 0.3 is 6.18 Å². The topological polar surface area (TPSA) is 54.0 Å². The maximum absolute atomic E-state index is 12.6. The van der Waals surface area contributed by atoms with Gasteiger partial charge in [-0.3, -0.25) is 15.2 Å². The molecule has 1 aromatic heterocycles. The number of hydrogen-bond donors (Lipinski definition) is 2. The SMILES string of the molecule is CC(C)NNC(=O)c1cnccc1C(F)(F)F. The first kappa shape index (κ1) is 13.4. The maximum Gasteiger partial charge on any atom is 0.417 e. The van der Waals surface area contributed by atoms with Crippen LogP contribution in [0.25, 0.3) is 0 Å². The number of alkyl halides is 3. The molecule has 0 unspecified atom stereocenters. The van der Waals surface area contributed by atoms with Gasteiger partial charge in [0.15, 0.2) is 0 Å². The molecule has 0 aromatic carbocycles. The summed E-state index contributed by atoms with van der Waals surface area (Å²) in [4.78, 5) is 15.0. The number of halogens is 3. The van der Waals surface area contributed by atoms with Crippen LogP contribution in [-0.4, -0.2) is 16.9 Å². The van der Waals surface area contributed by atoms with E-state index < -0.39 is 23.2 Å². The van der Waals surface area contributed by atoms with Gasteiger partial charge in [-0.15, -0.1) is 0 Å². The van der Waals surface area contributed by atoms with Crippen molar-refractivity contribution in [3.63, 3.8) is 0 Å². The fourth-order valence-electron chi connectivity index (χ4n) is 1.10. The Labute approximate surface area is 96.2 Å². The number of nitrogens with zero attached hydrogens (tertiary/aromatic N) is 1. The van der Waals surface area contributed by atoms with Crippen molar-refractivity contribution < 1.29 is 18.0 Å². The second kappa shape index (κ2) is 5.13. The number of carbonyl (C=O) groups is 1. The summed E-state index contributed by atoms with van der Waals surface area (Å²) in [5, 5.41) is 0. The molecule has 7 heteroatoms. The van der Waals surface area contributed by atoms with Gasteiger partial charge in [0.25, 0.3) is 5.91 Å². The fraction of sp³-hybridized carbons (Fsp3) is 0.400. The van der Waals surface area contributed by atoms with Crippen molar-refractivity contribution in [1.29, 1.82) is 0 Å². The molecule has 1 rings (SSSR count). The molecule has 0 bridgehead atoms. The first-order valence-electron chi connectivity index (χ1n) is 4.89. The molecule has 0 fully saturated rings. The number of pyridine rings is 1. The molecule has 1 heterocycles. The van der Waals surface area contributed by atoms with E-state index >= 15 is 0 Å². The van der Waals surface area contributed by atoms with Crippen LogP contribution in [-0.2, 0) is 6.18 Å². The van der Waals surface area contributed by atoms with Crippen molar-refractivity contribution in [2.45, 2.75) is 26.1 Å². The molecule has 1 amide bonds. The molecule has 0 aliphatic heterocycles. The van der Waals surface area contributed by atoms with Gasteiger partial charge in [0, 0.05) is 18.4 Å². The highest BCUT2D eigenvalue weighted by Gasteiger charge is 2.35. The van der Waals surface area contributed by atoms with Crippen LogP contribution in [0.4, 0.5) is 13.2 Å². The minimum Gasteiger partial charge on any atom is -0.287 e. The average molecular weight is 247 g/mol. The van der Waals surface area contributed by atoms with Crippen molar-refractivity contribution in [3.8, 4) is 0 Å². The van der Waals surface area contributed by atoms with Gasteiger partial charge in [-0.05, 0) is 19.9 Å². The highest BCUT2D eigenvalue weighted by Crippen LogP contribution is 2.31. The van der Waals surface area contributed by atoms with E-state index in [1.165, 1.54) is 0 Å². The predicted molar refractivity (Wildman–Crippen MR) is 55.0 cm³/mol. The van der Waals surface area contributed by atoms with Crippen LogP contribution >= 0.6 is 0 Å². The van der Waals surface area contributed by atoms with Crippen LogP contribution in [0.2, 0.25) is 0 Å². The van der Waals surface area contributed by atoms with E-state index in [1.54, 1.807) is 13.8 Å². The van der Waals surface area contributed by atoms with Crippen molar-refractivity contribution in [1.82, 2.24) is 15.8 Å². The molecule has 0 aliphatic carbocycles. The summed E-state index contributed by atoms with van der Waals surface area (Å²) in [6.45, 7) is 3.49. The zero-order valence-electron chi connectivity index (χ0n) is 9.30. The molecule has 2 N–H and O–H groups in total. The van der Waals surface area contributed by atoms with E-state index in [1.807, 2.05) is 0 Å². The van der Waals surface area contributed by atoms with Gasteiger partial charge in [0.05, 0.1) is 11.1 Å². The molecule has 0 radical (unpaired) electrons. The lowest BCUT2D eigenvalue weighted by Gasteiger charge is -2.13. The summed E-state index contributed by atoms with van der Waals surface area (Å²) in [6, 6.07) is 0.689. The quantitative estimate of drug-likeness (QED) is 0.800. The first-order valence-corrected chi connectivity index (χ1v) is 4.89. The van der Waals surface area contributed by atoms with Crippen molar-refractivity contribution in [3.05, 3.63) is 29.6 Å². The molecular weight excluding hydrogens is 235 g/mol. The van der Waals surface area contributed by atoms with Gasteiger partial charge in [-0.1, -0.05) is 0 Å². The zero-order valence-corrected chi connectivity index (χ0v) is 9.30. The third kappa shape index (κ3) is 3.70. The van der Waals surface area contributed by atoms with Gasteiger partial charge in [0.2, 0.25) is 0 Å². The molecular formula is C10H12F3N3O. The normalized spacial score (nSPS) is 11.6. The minimum atomic E-state index is -4.58. The average Bonchev–Trinajstić information content (AvgIpc) is 2.24. The van der Waals surface area contributed by atoms with Gasteiger partial charge in [-0.2, -0.15) is 13.2 Å². The van der Waals surface area contributed by atoms with Crippen LogP contribution in [0.15, 0.2) is 18.5 Å². The Bertz CT molecular complexity index is 404. The Kier molecular flexibility index (Phi) is 4.06. The summed E-state index contributed by atoms with van der Waals surface area (Å²) in [5.74, 6) is -0.862. The molecule has 0 atom stereocenters. The van der Waals surface area contributed by atoms with Crippen LogP contribution in [0, 0.1) is 0 Å². The van der Waals surface area contributed by atoms with Crippen molar-refractivity contribution in [2.24, 2.45) is 0 Å². The second-order valence-electron chi connectivity index (χ2n) is 3.67. The van der Waals surface area contributed by atoms with Gasteiger partial charge in [-0.25, -0.2) is 5.43 Å². The number of nitrogens with one attached hydrogen (secondary N) is 2. The van der Waals surface area contributed by atoms with Crippen molar-refractivity contribution >= 4 is 5.91 Å². The summed E-state index contributed by atoms with van der Waals surface area (Å²) in [5.41, 5.74) is 3.20. The van der Waals surface area contributed by atoms with E-state index in [4.69, 9.17) is 0 Å². The fourth-order valence-corrected chi connectivity index (χ4v) is 1.10. The van der Waals surface area contributed by atoms with Gasteiger partial charge in [0.1, 0.15) is 0 Å². The number of hydrogen-bond acceptors (Lipinski definition) is 3. The third-order valence-corrected chi connectivity index (χ3v) is 1.85. The number of aromatic nitrogens is 1. The summed E-state index contributed by atoms with van der Waals surface area (Å²) in [7, 11) is 0. The molecule has 0 saturated carbocycles. The number of hydrazine groups is 1. The van der Waals surface area contributed by atoms with E-state index in [0.717, 1.165) is 18.5 Å². The Balaban J connectivity index is 2.94. The standard InChI is InChI=1S/C10H12F3N3O/c1-6(2)15-16-9(17)7-5-14-4-3-8(7)10(11,12)13/h3-6,15H,1-2H3,(H,16,17). The Morgan fingerprint density at radius 1 is 1.41 bits per heavy atom. The Hall–Kier alpha value is -1.63. The number of carbonyl (C=O) groups excluding carboxylic acids is 1. The third-order valence-electron chi connectivity index (χ3n) is 1.85. The molecule has 94 valence electrons. The lowest BCUT2D eigenvalue weighted by Crippen LogP contribution is -2.42. The Morgan fingerprint density at radius 3 is 2.59 bits per heavy atom. The van der Waals surface area contributed by atoms with E-state index in [2.05, 4.69) is 15.8 Å². The van der Waals surface area contributed by atoms with E-state index in [0.29, 0.717) is 0 Å². The molecule has 4 nitrogen and oxygen atoms in total. The molecule has 0 aliphatic rings. The Morgan fingerprint density at radius 2 is 2.06 bits per heavy atom. The number of amides is 1. The van der Waals surface area contributed by atoms with Crippen LogP contribution < -0.4 is 10.9 Å². The lowest BCUT2D eigenvalue weighted by molar-refractivity contribution is -0.138. The second-order valence-corrected chi connectivity index (χ2v) is 3.67. The maximum atomic E-state index is 12.6. The summed E-state index contributed by atoms with van der Waals surface area (Å²) in [6.07, 6.45) is -2.69. The smallest absolute Gasteiger partial charge is 0.287 e. The van der Waals surface area contributed by atoms with E-state index in [-0.39, 0.29) is 6.04 Å². The predicted octanol–water partition coefficient (Wildman–Crippen LogP) is 1.74. The first-order chi connectivity index (χ1) is 7.82. The van der Waals surface area contributed by atoms with Gasteiger partial charge < -0.3 is 0 Å². The summed E-state index contributed by atoms with van der Waals surface area (Å²) >= 11 is 0. The highest BCUT2D eigenvalue weighted by atomic mass is 19.4. The van der Waals surface area contributed by atoms with Crippen LogP contribution in [0.5, 0.6) is 0 Å². The molecule has 17 heavy (non-hydrogen) atoms. The molecule has 1 aromatic rings.